The minimum atomic E-state index is -1.55. The molecule has 0 fully saturated rings. The van der Waals surface area contributed by atoms with Crippen molar-refractivity contribution in [2.75, 3.05) is 13.7 Å². The van der Waals surface area contributed by atoms with E-state index in [1.807, 2.05) is 36.1 Å². The van der Waals surface area contributed by atoms with Crippen molar-refractivity contribution in [1.82, 2.24) is 9.88 Å². The van der Waals surface area contributed by atoms with Crippen LogP contribution in [0.25, 0.3) is 5.57 Å². The zero-order valence-electron chi connectivity index (χ0n) is 22.4. The summed E-state index contributed by atoms with van der Waals surface area (Å²) in [6.07, 6.45) is 2.60. The van der Waals surface area contributed by atoms with E-state index in [9.17, 15) is 9.18 Å². The van der Waals surface area contributed by atoms with E-state index in [0.29, 0.717) is 18.5 Å². The Morgan fingerprint density at radius 3 is 2.49 bits per heavy atom. The normalized spacial score (nSPS) is 19.1. The van der Waals surface area contributed by atoms with Gasteiger partial charge in [-0.15, -0.1) is 0 Å². The van der Waals surface area contributed by atoms with Crippen molar-refractivity contribution in [1.29, 1.82) is 0 Å². The van der Waals surface area contributed by atoms with Crippen LogP contribution in [0.15, 0.2) is 60.3 Å². The highest BCUT2D eigenvalue weighted by Crippen LogP contribution is 2.50. The second kappa shape index (κ2) is 10.5. The SMILES string of the molecule is COC(=O)c1ccc(COc2cc(F)c([C@@H]3C4=C(C[C@@H](C)N3CC(C)(C)F)c3ccccc3C4)c(F)c2)nc1. The molecule has 1 aliphatic heterocycles. The van der Waals surface area contributed by atoms with Crippen molar-refractivity contribution < 1.29 is 27.4 Å². The fourth-order valence-corrected chi connectivity index (χ4v) is 5.66. The molecule has 0 radical (unpaired) electrons. The number of methoxy groups -OCH3 is 1. The largest absolute Gasteiger partial charge is 0.487 e. The van der Waals surface area contributed by atoms with Gasteiger partial charge in [-0.3, -0.25) is 9.88 Å². The van der Waals surface area contributed by atoms with Crippen LogP contribution >= 0.6 is 0 Å². The average molecular weight is 537 g/mol. The Bertz CT molecular complexity index is 1410. The summed E-state index contributed by atoms with van der Waals surface area (Å²) in [5.41, 5.74) is 3.34. The molecule has 2 heterocycles. The van der Waals surface area contributed by atoms with Gasteiger partial charge in [0.15, 0.2) is 0 Å². The maximum absolute atomic E-state index is 15.8. The van der Waals surface area contributed by atoms with Gasteiger partial charge in [0.05, 0.1) is 24.4 Å². The highest BCUT2D eigenvalue weighted by Gasteiger charge is 2.43. The molecule has 5 rings (SSSR count). The number of benzene rings is 2. The van der Waals surface area contributed by atoms with Gasteiger partial charge < -0.3 is 9.47 Å². The van der Waals surface area contributed by atoms with Crippen LogP contribution in [0, 0.1) is 11.6 Å². The number of rotatable bonds is 7. The Balaban J connectivity index is 1.46. The first-order chi connectivity index (χ1) is 18.6. The molecule has 0 N–H and O–H groups in total. The van der Waals surface area contributed by atoms with Gasteiger partial charge in [0.25, 0.3) is 0 Å². The lowest BCUT2D eigenvalue weighted by molar-refractivity contribution is 0.0600. The van der Waals surface area contributed by atoms with E-state index in [4.69, 9.17) is 4.74 Å². The van der Waals surface area contributed by atoms with Gasteiger partial charge in [0.2, 0.25) is 0 Å². The number of nitrogens with zero attached hydrogens (tertiary/aromatic N) is 2. The van der Waals surface area contributed by atoms with Crippen LogP contribution in [-0.4, -0.2) is 41.2 Å². The van der Waals surface area contributed by atoms with Crippen molar-refractivity contribution in [3.8, 4) is 5.75 Å². The summed E-state index contributed by atoms with van der Waals surface area (Å²) < 4.78 is 56.8. The molecular weight excluding hydrogens is 505 g/mol. The van der Waals surface area contributed by atoms with E-state index in [-0.39, 0.29) is 36.1 Å². The summed E-state index contributed by atoms with van der Waals surface area (Å²) in [5.74, 6) is -2.00. The van der Waals surface area contributed by atoms with E-state index in [1.165, 1.54) is 45.4 Å². The van der Waals surface area contributed by atoms with Crippen LogP contribution in [0.2, 0.25) is 0 Å². The Morgan fingerprint density at radius 2 is 1.85 bits per heavy atom. The van der Waals surface area contributed by atoms with Crippen molar-refractivity contribution in [3.05, 3.63) is 99.9 Å². The molecule has 0 unspecified atom stereocenters. The van der Waals surface area contributed by atoms with Crippen LogP contribution in [0.4, 0.5) is 13.2 Å². The third-order valence-electron chi connectivity index (χ3n) is 7.36. The highest BCUT2D eigenvalue weighted by atomic mass is 19.1. The number of halogens is 3. The van der Waals surface area contributed by atoms with Crippen molar-refractivity contribution in [2.24, 2.45) is 0 Å². The minimum absolute atomic E-state index is 0.0118. The van der Waals surface area contributed by atoms with Gasteiger partial charge in [0, 0.05) is 36.5 Å². The van der Waals surface area contributed by atoms with E-state index in [2.05, 4.69) is 9.72 Å². The van der Waals surface area contributed by atoms with Gasteiger partial charge in [0.1, 0.15) is 29.7 Å². The van der Waals surface area contributed by atoms with Crippen LogP contribution in [0.1, 0.15) is 66.0 Å². The quantitative estimate of drug-likeness (QED) is 0.318. The molecule has 0 amide bonds. The molecule has 5 nitrogen and oxygen atoms in total. The van der Waals surface area contributed by atoms with Crippen molar-refractivity contribution in [2.45, 2.75) is 58.0 Å². The Morgan fingerprint density at radius 1 is 1.13 bits per heavy atom. The Labute approximate surface area is 226 Å². The molecule has 0 saturated heterocycles. The summed E-state index contributed by atoms with van der Waals surface area (Å²) >= 11 is 0. The maximum Gasteiger partial charge on any atom is 0.339 e. The van der Waals surface area contributed by atoms with Crippen LogP contribution < -0.4 is 4.74 Å². The lowest BCUT2D eigenvalue weighted by atomic mass is 9.84. The summed E-state index contributed by atoms with van der Waals surface area (Å²) in [4.78, 5) is 17.6. The summed E-state index contributed by atoms with van der Waals surface area (Å²) in [6, 6.07) is 12.6. The average Bonchev–Trinajstić information content (AvgIpc) is 3.26. The number of pyridine rings is 1. The zero-order chi connectivity index (χ0) is 27.9. The van der Waals surface area contributed by atoms with Crippen molar-refractivity contribution in [3.63, 3.8) is 0 Å². The van der Waals surface area contributed by atoms with E-state index >= 15 is 8.78 Å². The summed E-state index contributed by atoms with van der Waals surface area (Å²) in [6.45, 7) is 4.94. The number of carbonyl (C=O) groups excluding carboxylic acids is 1. The lowest BCUT2D eigenvalue weighted by Gasteiger charge is -2.44. The van der Waals surface area contributed by atoms with E-state index in [1.54, 1.807) is 6.07 Å². The first kappa shape index (κ1) is 26.9. The second-order valence-corrected chi connectivity index (χ2v) is 10.8. The summed E-state index contributed by atoms with van der Waals surface area (Å²) in [5, 5.41) is 0. The number of hydrogen-bond donors (Lipinski definition) is 0. The molecule has 0 spiro atoms. The molecule has 2 atom stereocenters. The van der Waals surface area contributed by atoms with Crippen LogP contribution in [-0.2, 0) is 17.8 Å². The smallest absolute Gasteiger partial charge is 0.339 e. The molecule has 8 heteroatoms. The van der Waals surface area contributed by atoms with E-state index in [0.717, 1.165) is 22.3 Å². The lowest BCUT2D eigenvalue weighted by Crippen LogP contribution is -2.47. The Hall–Kier alpha value is -3.65. The van der Waals surface area contributed by atoms with E-state index < -0.39 is 29.3 Å². The molecule has 204 valence electrons. The zero-order valence-corrected chi connectivity index (χ0v) is 22.4. The summed E-state index contributed by atoms with van der Waals surface area (Å²) in [7, 11) is 1.28. The first-order valence-electron chi connectivity index (χ1n) is 13.0. The topological polar surface area (TPSA) is 51.7 Å². The predicted octanol–water partition coefficient (Wildman–Crippen LogP) is 6.62. The van der Waals surface area contributed by atoms with Gasteiger partial charge in [-0.05, 0) is 68.0 Å². The van der Waals surface area contributed by atoms with Crippen molar-refractivity contribution >= 4 is 11.5 Å². The monoisotopic (exact) mass is 536 g/mol. The molecule has 1 aromatic heterocycles. The van der Waals surface area contributed by atoms with Gasteiger partial charge in [-0.2, -0.15) is 0 Å². The third-order valence-corrected chi connectivity index (χ3v) is 7.36. The second-order valence-electron chi connectivity index (χ2n) is 10.8. The predicted molar refractivity (Wildman–Crippen MR) is 142 cm³/mol. The number of carbonyl (C=O) groups is 1. The molecule has 0 saturated carbocycles. The van der Waals surface area contributed by atoms with Gasteiger partial charge in [-0.25, -0.2) is 18.0 Å². The fourth-order valence-electron chi connectivity index (χ4n) is 5.66. The number of alkyl halides is 1. The van der Waals surface area contributed by atoms with Crippen LogP contribution in [0.3, 0.4) is 0 Å². The van der Waals surface area contributed by atoms with Crippen LogP contribution in [0.5, 0.6) is 5.75 Å². The number of aromatic nitrogens is 1. The maximum atomic E-state index is 15.8. The number of fused-ring (bicyclic) bond motifs is 2. The molecule has 1 aliphatic carbocycles. The molecule has 0 bridgehead atoms. The first-order valence-corrected chi connectivity index (χ1v) is 13.0. The molecule has 3 aromatic rings. The third kappa shape index (κ3) is 5.43. The Kier molecular flexibility index (Phi) is 7.25. The molecule has 39 heavy (non-hydrogen) atoms. The standard InChI is InChI=1S/C31H31F3N2O3/c1-18-11-24-23-8-6-5-7-19(23)12-25(24)29(36(18)17-31(2,3)34)28-26(32)13-22(14-27(28)33)39-16-21-10-9-20(15-35-21)30(37)38-4/h5-10,13-15,18,29H,11-12,16-17H2,1-4H3/t18-,29+/m1/s1. The van der Waals surface area contributed by atoms with Gasteiger partial charge in [-0.1, -0.05) is 24.3 Å². The molecule has 2 aromatic carbocycles. The fraction of sp³-hybridized carbons (Fsp3) is 0.355. The molecular formula is C31H31F3N2O3. The number of hydrogen-bond acceptors (Lipinski definition) is 5. The molecule has 2 aliphatic rings. The minimum Gasteiger partial charge on any atom is -0.487 e. The highest BCUT2D eigenvalue weighted by molar-refractivity contribution is 5.88. The number of esters is 1. The number of ether oxygens (including phenoxy) is 2. The van der Waals surface area contributed by atoms with Gasteiger partial charge >= 0.3 is 5.97 Å².